The zero-order chi connectivity index (χ0) is 16.1. The first kappa shape index (κ1) is 16.7. The summed E-state index contributed by atoms with van der Waals surface area (Å²) in [6, 6.07) is 6.15. The molecule has 1 aliphatic carbocycles. The Bertz CT molecular complexity index is 482. The van der Waals surface area contributed by atoms with E-state index in [0.29, 0.717) is 5.56 Å². The molecule has 0 saturated heterocycles. The molecule has 0 radical (unpaired) electrons. The predicted octanol–water partition coefficient (Wildman–Crippen LogP) is 4.33. The summed E-state index contributed by atoms with van der Waals surface area (Å²) in [5.74, 6) is 0.784. The molecule has 0 aliphatic heterocycles. The highest BCUT2D eigenvalue weighted by molar-refractivity contribution is 5.94. The van der Waals surface area contributed by atoms with Crippen molar-refractivity contribution in [2.45, 2.75) is 51.7 Å². The number of nitrogens with zero attached hydrogens (tertiary/aromatic N) is 1. The van der Waals surface area contributed by atoms with Crippen molar-refractivity contribution in [3.05, 3.63) is 29.8 Å². The zero-order valence-electron chi connectivity index (χ0n) is 13.1. The molecule has 122 valence electrons. The van der Waals surface area contributed by atoms with E-state index in [1.807, 2.05) is 7.05 Å². The lowest BCUT2D eigenvalue weighted by atomic mass is 9.84. The number of halogens is 2. The van der Waals surface area contributed by atoms with Crippen LogP contribution in [0.5, 0.6) is 5.75 Å². The van der Waals surface area contributed by atoms with Gasteiger partial charge in [-0.2, -0.15) is 8.78 Å². The SMILES string of the molecule is CCC1CCC(N(C)C(=O)c2ccc(OC(F)F)cc2)CC1. The van der Waals surface area contributed by atoms with Crippen molar-refractivity contribution in [2.75, 3.05) is 7.05 Å². The molecule has 5 heteroatoms. The molecular formula is C17H23F2NO2. The topological polar surface area (TPSA) is 29.5 Å². The molecule has 0 N–H and O–H groups in total. The van der Waals surface area contributed by atoms with Gasteiger partial charge in [0.15, 0.2) is 0 Å². The maximum atomic E-state index is 12.5. The summed E-state index contributed by atoms with van der Waals surface area (Å²) in [5.41, 5.74) is 0.502. The van der Waals surface area contributed by atoms with Gasteiger partial charge in [0, 0.05) is 18.7 Å². The van der Waals surface area contributed by atoms with Gasteiger partial charge in [-0.15, -0.1) is 0 Å². The van der Waals surface area contributed by atoms with Crippen molar-refractivity contribution in [3.63, 3.8) is 0 Å². The lowest BCUT2D eigenvalue weighted by Crippen LogP contribution is -2.39. The Labute approximate surface area is 130 Å². The normalized spacial score (nSPS) is 21.7. The van der Waals surface area contributed by atoms with Crippen LogP contribution in [-0.4, -0.2) is 30.5 Å². The van der Waals surface area contributed by atoms with E-state index in [4.69, 9.17) is 0 Å². The molecule has 1 amide bonds. The second-order valence-corrected chi connectivity index (χ2v) is 5.90. The van der Waals surface area contributed by atoms with Gasteiger partial charge in [-0.25, -0.2) is 0 Å². The number of rotatable bonds is 5. The summed E-state index contributed by atoms with van der Waals surface area (Å²) in [4.78, 5) is 14.3. The minimum atomic E-state index is -2.85. The van der Waals surface area contributed by atoms with Crippen LogP contribution in [0.25, 0.3) is 0 Å². The maximum Gasteiger partial charge on any atom is 0.387 e. The van der Waals surface area contributed by atoms with Crippen LogP contribution < -0.4 is 4.74 Å². The lowest BCUT2D eigenvalue weighted by molar-refractivity contribution is -0.0498. The van der Waals surface area contributed by atoms with E-state index < -0.39 is 6.61 Å². The third-order valence-electron chi connectivity index (χ3n) is 4.59. The second kappa shape index (κ2) is 7.56. The van der Waals surface area contributed by atoms with Crippen molar-refractivity contribution in [3.8, 4) is 5.75 Å². The van der Waals surface area contributed by atoms with Gasteiger partial charge < -0.3 is 9.64 Å². The number of benzene rings is 1. The summed E-state index contributed by atoms with van der Waals surface area (Å²) >= 11 is 0. The summed E-state index contributed by atoms with van der Waals surface area (Å²) in [7, 11) is 1.82. The van der Waals surface area contributed by atoms with Crippen LogP contribution in [0, 0.1) is 5.92 Å². The van der Waals surface area contributed by atoms with Gasteiger partial charge in [0.1, 0.15) is 5.75 Å². The second-order valence-electron chi connectivity index (χ2n) is 5.90. The van der Waals surface area contributed by atoms with E-state index in [2.05, 4.69) is 11.7 Å². The first-order valence-electron chi connectivity index (χ1n) is 7.83. The average molecular weight is 311 g/mol. The fourth-order valence-electron chi connectivity index (χ4n) is 3.09. The van der Waals surface area contributed by atoms with Gasteiger partial charge >= 0.3 is 6.61 Å². The average Bonchev–Trinajstić information content (AvgIpc) is 2.54. The van der Waals surface area contributed by atoms with Gasteiger partial charge in [0.05, 0.1) is 0 Å². The third kappa shape index (κ3) is 4.18. The first-order valence-corrected chi connectivity index (χ1v) is 7.83. The summed E-state index contributed by atoms with van der Waals surface area (Å²) in [5, 5.41) is 0. The number of carbonyl (C=O) groups excluding carboxylic acids is 1. The number of amides is 1. The Balaban J connectivity index is 1.95. The Morgan fingerprint density at radius 1 is 1.23 bits per heavy atom. The van der Waals surface area contributed by atoms with E-state index in [9.17, 15) is 13.6 Å². The van der Waals surface area contributed by atoms with Crippen molar-refractivity contribution >= 4 is 5.91 Å². The number of hydrogen-bond donors (Lipinski definition) is 0. The Kier molecular flexibility index (Phi) is 5.75. The summed E-state index contributed by atoms with van der Waals surface area (Å²) in [6.07, 6.45) is 5.61. The summed E-state index contributed by atoms with van der Waals surface area (Å²) < 4.78 is 28.5. The molecule has 1 aromatic carbocycles. The predicted molar refractivity (Wildman–Crippen MR) is 81.2 cm³/mol. The molecule has 3 nitrogen and oxygen atoms in total. The van der Waals surface area contributed by atoms with Crippen LogP contribution in [0.15, 0.2) is 24.3 Å². The minimum Gasteiger partial charge on any atom is -0.435 e. The summed E-state index contributed by atoms with van der Waals surface area (Å²) in [6.45, 7) is -0.638. The molecule has 1 aromatic rings. The molecule has 0 unspecified atom stereocenters. The van der Waals surface area contributed by atoms with E-state index in [1.54, 1.807) is 4.90 Å². The molecule has 0 bridgehead atoms. The molecule has 0 aromatic heterocycles. The van der Waals surface area contributed by atoms with Crippen molar-refractivity contribution in [1.82, 2.24) is 4.90 Å². The quantitative estimate of drug-likeness (QED) is 0.810. The monoisotopic (exact) mass is 311 g/mol. The maximum absolute atomic E-state index is 12.5. The number of hydrogen-bond acceptors (Lipinski definition) is 2. The lowest BCUT2D eigenvalue weighted by Gasteiger charge is -2.34. The van der Waals surface area contributed by atoms with Crippen LogP contribution in [0.1, 0.15) is 49.4 Å². The Morgan fingerprint density at radius 3 is 2.32 bits per heavy atom. The van der Waals surface area contributed by atoms with Crippen LogP contribution in [0.4, 0.5) is 8.78 Å². The third-order valence-corrected chi connectivity index (χ3v) is 4.59. The standard InChI is InChI=1S/C17H23F2NO2/c1-3-12-4-8-14(9-5-12)20(2)16(21)13-6-10-15(11-7-13)22-17(18)19/h6-7,10-12,14,17H,3-5,8-9H2,1-2H3. The largest absolute Gasteiger partial charge is 0.435 e. The van der Waals surface area contributed by atoms with Gasteiger partial charge in [-0.05, 0) is 55.9 Å². The number of alkyl halides is 2. The zero-order valence-corrected chi connectivity index (χ0v) is 13.1. The van der Waals surface area contributed by atoms with Gasteiger partial charge in [-0.1, -0.05) is 13.3 Å². The molecule has 0 atom stereocenters. The fraction of sp³-hybridized carbons (Fsp3) is 0.588. The molecule has 1 saturated carbocycles. The van der Waals surface area contributed by atoms with Crippen molar-refractivity contribution < 1.29 is 18.3 Å². The molecule has 1 aliphatic rings. The fourth-order valence-corrected chi connectivity index (χ4v) is 3.09. The highest BCUT2D eigenvalue weighted by Gasteiger charge is 2.26. The molecule has 1 fully saturated rings. The van der Waals surface area contributed by atoms with E-state index >= 15 is 0 Å². The molecule has 0 spiro atoms. The van der Waals surface area contributed by atoms with Crippen molar-refractivity contribution in [1.29, 1.82) is 0 Å². The Hall–Kier alpha value is -1.65. The number of carbonyl (C=O) groups is 1. The van der Waals surface area contributed by atoms with Crippen LogP contribution in [0.2, 0.25) is 0 Å². The van der Waals surface area contributed by atoms with Crippen LogP contribution in [-0.2, 0) is 0 Å². The van der Waals surface area contributed by atoms with Crippen molar-refractivity contribution in [2.24, 2.45) is 5.92 Å². The van der Waals surface area contributed by atoms with Gasteiger partial charge in [0.2, 0.25) is 0 Å². The highest BCUT2D eigenvalue weighted by atomic mass is 19.3. The van der Waals surface area contributed by atoms with E-state index in [-0.39, 0.29) is 17.7 Å². The number of ether oxygens (including phenoxy) is 1. The van der Waals surface area contributed by atoms with Gasteiger partial charge in [0.25, 0.3) is 5.91 Å². The first-order chi connectivity index (χ1) is 10.5. The molecule has 22 heavy (non-hydrogen) atoms. The van der Waals surface area contributed by atoms with Crippen LogP contribution in [0.3, 0.4) is 0 Å². The minimum absolute atomic E-state index is 0.0662. The molecular weight excluding hydrogens is 288 g/mol. The van der Waals surface area contributed by atoms with Gasteiger partial charge in [-0.3, -0.25) is 4.79 Å². The molecule has 2 rings (SSSR count). The van der Waals surface area contributed by atoms with Crippen LogP contribution >= 0.6 is 0 Å². The smallest absolute Gasteiger partial charge is 0.387 e. The van der Waals surface area contributed by atoms with E-state index in [1.165, 1.54) is 43.5 Å². The Morgan fingerprint density at radius 2 is 1.82 bits per heavy atom. The van der Waals surface area contributed by atoms with E-state index in [0.717, 1.165) is 18.8 Å². The molecule has 0 heterocycles. The highest BCUT2D eigenvalue weighted by Crippen LogP contribution is 2.29.